The van der Waals surface area contributed by atoms with Crippen LogP contribution in [0.1, 0.15) is 36.8 Å². The zero-order valence-corrected chi connectivity index (χ0v) is 15.0. The maximum absolute atomic E-state index is 12.3. The van der Waals surface area contributed by atoms with E-state index in [2.05, 4.69) is 34.3 Å². The summed E-state index contributed by atoms with van der Waals surface area (Å²) in [6.07, 6.45) is 3.43. The SMILES string of the molecule is CCCc1cc(N[C@@H]2CC(=O)N(CCc3ccccc3)C2)nc(C)n1. The highest BCUT2D eigenvalue weighted by atomic mass is 16.2. The van der Waals surface area contributed by atoms with Gasteiger partial charge in [0.25, 0.3) is 0 Å². The number of nitrogens with one attached hydrogen (secondary N) is 1. The lowest BCUT2D eigenvalue weighted by Gasteiger charge is -2.17. The molecule has 1 aromatic heterocycles. The predicted molar refractivity (Wildman–Crippen MR) is 99.5 cm³/mol. The third-order valence-corrected chi connectivity index (χ3v) is 4.48. The third-order valence-electron chi connectivity index (χ3n) is 4.48. The topological polar surface area (TPSA) is 58.1 Å². The minimum Gasteiger partial charge on any atom is -0.365 e. The van der Waals surface area contributed by atoms with E-state index < -0.39 is 0 Å². The van der Waals surface area contributed by atoms with Gasteiger partial charge in [-0.25, -0.2) is 9.97 Å². The molecule has 0 unspecified atom stereocenters. The van der Waals surface area contributed by atoms with Crippen molar-refractivity contribution >= 4 is 11.7 Å². The average molecular weight is 338 g/mol. The highest BCUT2D eigenvalue weighted by Gasteiger charge is 2.29. The van der Waals surface area contributed by atoms with Crippen molar-refractivity contribution < 1.29 is 4.79 Å². The smallest absolute Gasteiger partial charge is 0.224 e. The molecule has 1 N–H and O–H groups in total. The lowest BCUT2D eigenvalue weighted by Crippen LogP contribution is -2.30. The molecule has 0 saturated carbocycles. The summed E-state index contributed by atoms with van der Waals surface area (Å²) in [5, 5.41) is 3.43. The van der Waals surface area contributed by atoms with Gasteiger partial charge in [-0.05, 0) is 25.3 Å². The summed E-state index contributed by atoms with van der Waals surface area (Å²) < 4.78 is 0. The Morgan fingerprint density at radius 1 is 1.20 bits per heavy atom. The number of aromatic nitrogens is 2. The second-order valence-electron chi connectivity index (χ2n) is 6.66. The molecule has 1 aliphatic rings. The van der Waals surface area contributed by atoms with Crippen molar-refractivity contribution in [2.24, 2.45) is 0 Å². The second kappa shape index (κ2) is 8.10. The summed E-state index contributed by atoms with van der Waals surface area (Å²) in [6.45, 7) is 5.56. The molecule has 1 aliphatic heterocycles. The van der Waals surface area contributed by atoms with Crippen LogP contribution in [0.4, 0.5) is 5.82 Å². The van der Waals surface area contributed by atoms with E-state index in [0.29, 0.717) is 6.42 Å². The van der Waals surface area contributed by atoms with Gasteiger partial charge in [-0.3, -0.25) is 4.79 Å². The van der Waals surface area contributed by atoms with Crippen LogP contribution in [0, 0.1) is 6.92 Å². The van der Waals surface area contributed by atoms with E-state index in [0.717, 1.165) is 49.7 Å². The molecule has 1 saturated heterocycles. The normalized spacial score (nSPS) is 17.1. The van der Waals surface area contributed by atoms with Crippen LogP contribution in [0.3, 0.4) is 0 Å². The first-order chi connectivity index (χ1) is 12.1. The largest absolute Gasteiger partial charge is 0.365 e. The van der Waals surface area contributed by atoms with E-state index in [-0.39, 0.29) is 11.9 Å². The van der Waals surface area contributed by atoms with Crippen LogP contribution in [-0.4, -0.2) is 39.9 Å². The minimum absolute atomic E-state index is 0.118. The summed E-state index contributed by atoms with van der Waals surface area (Å²) in [6, 6.07) is 12.4. The number of likely N-dealkylation sites (tertiary alicyclic amines) is 1. The molecular weight excluding hydrogens is 312 g/mol. The molecular formula is C20H26N4O. The number of benzene rings is 1. The number of carbonyl (C=O) groups is 1. The van der Waals surface area contributed by atoms with Crippen molar-refractivity contribution in [3.8, 4) is 0 Å². The summed E-state index contributed by atoms with van der Waals surface area (Å²) in [7, 11) is 0. The summed E-state index contributed by atoms with van der Waals surface area (Å²) in [5.74, 6) is 1.82. The Morgan fingerprint density at radius 3 is 2.76 bits per heavy atom. The molecule has 2 aromatic rings. The Labute approximate surface area is 149 Å². The van der Waals surface area contributed by atoms with Crippen LogP contribution in [-0.2, 0) is 17.6 Å². The molecule has 1 atom stereocenters. The van der Waals surface area contributed by atoms with E-state index in [1.54, 1.807) is 0 Å². The van der Waals surface area contributed by atoms with Crippen molar-refractivity contribution in [2.75, 3.05) is 18.4 Å². The molecule has 3 rings (SSSR count). The standard InChI is InChI=1S/C20H26N4O/c1-3-7-17-12-19(22-15(2)21-17)23-18-13-20(25)24(14-18)11-10-16-8-5-4-6-9-16/h4-6,8-9,12,18H,3,7,10-11,13-14H2,1-2H3,(H,21,22,23)/t18-/m1/s1. The molecule has 5 nitrogen and oxygen atoms in total. The third kappa shape index (κ3) is 4.78. The number of aryl methyl sites for hydroxylation is 2. The van der Waals surface area contributed by atoms with Gasteiger partial charge < -0.3 is 10.2 Å². The first-order valence-electron chi connectivity index (χ1n) is 9.07. The first kappa shape index (κ1) is 17.4. The van der Waals surface area contributed by atoms with Crippen molar-refractivity contribution in [2.45, 2.75) is 45.6 Å². The molecule has 1 aromatic carbocycles. The van der Waals surface area contributed by atoms with Gasteiger partial charge in [0, 0.05) is 31.3 Å². The Morgan fingerprint density at radius 2 is 2.00 bits per heavy atom. The quantitative estimate of drug-likeness (QED) is 0.843. The molecule has 0 radical (unpaired) electrons. The van der Waals surface area contributed by atoms with E-state index in [9.17, 15) is 4.79 Å². The minimum atomic E-state index is 0.118. The molecule has 0 bridgehead atoms. The van der Waals surface area contributed by atoms with Gasteiger partial charge in [-0.15, -0.1) is 0 Å². The fraction of sp³-hybridized carbons (Fsp3) is 0.450. The van der Waals surface area contributed by atoms with Crippen molar-refractivity contribution in [3.63, 3.8) is 0 Å². The first-order valence-corrected chi connectivity index (χ1v) is 9.07. The lowest BCUT2D eigenvalue weighted by molar-refractivity contribution is -0.127. The monoisotopic (exact) mass is 338 g/mol. The molecule has 2 heterocycles. The van der Waals surface area contributed by atoms with Gasteiger partial charge in [0.1, 0.15) is 11.6 Å². The fourth-order valence-electron chi connectivity index (χ4n) is 3.29. The van der Waals surface area contributed by atoms with Crippen molar-refractivity contribution in [1.29, 1.82) is 0 Å². The van der Waals surface area contributed by atoms with Gasteiger partial charge in [0.2, 0.25) is 5.91 Å². The van der Waals surface area contributed by atoms with Crippen LogP contribution >= 0.6 is 0 Å². The Kier molecular flexibility index (Phi) is 5.64. The lowest BCUT2D eigenvalue weighted by atomic mass is 10.1. The number of amides is 1. The number of carbonyl (C=O) groups excluding carboxylic acids is 1. The summed E-state index contributed by atoms with van der Waals surface area (Å²) in [4.78, 5) is 23.2. The van der Waals surface area contributed by atoms with E-state index >= 15 is 0 Å². The van der Waals surface area contributed by atoms with Crippen LogP contribution < -0.4 is 5.32 Å². The average Bonchev–Trinajstić information content (AvgIpc) is 2.93. The Balaban J connectivity index is 1.57. The van der Waals surface area contributed by atoms with E-state index in [1.165, 1.54) is 5.56 Å². The summed E-state index contributed by atoms with van der Waals surface area (Å²) in [5.41, 5.74) is 2.32. The summed E-state index contributed by atoms with van der Waals surface area (Å²) >= 11 is 0. The molecule has 1 fully saturated rings. The Hall–Kier alpha value is -2.43. The van der Waals surface area contributed by atoms with E-state index in [4.69, 9.17) is 0 Å². The number of rotatable bonds is 7. The fourth-order valence-corrected chi connectivity index (χ4v) is 3.29. The van der Waals surface area contributed by atoms with Gasteiger partial charge in [0.05, 0.1) is 6.04 Å². The maximum atomic E-state index is 12.3. The van der Waals surface area contributed by atoms with Gasteiger partial charge >= 0.3 is 0 Å². The molecule has 25 heavy (non-hydrogen) atoms. The molecule has 1 amide bonds. The number of nitrogens with zero attached hydrogens (tertiary/aromatic N) is 3. The molecule has 0 aliphatic carbocycles. The van der Waals surface area contributed by atoms with Crippen molar-refractivity contribution in [3.05, 3.63) is 53.5 Å². The number of hydrogen-bond acceptors (Lipinski definition) is 4. The van der Waals surface area contributed by atoms with Gasteiger partial charge in [-0.1, -0.05) is 43.7 Å². The van der Waals surface area contributed by atoms with E-state index in [1.807, 2.05) is 36.1 Å². The zero-order valence-electron chi connectivity index (χ0n) is 15.0. The molecule has 132 valence electrons. The van der Waals surface area contributed by atoms with Gasteiger partial charge in [0.15, 0.2) is 0 Å². The van der Waals surface area contributed by atoms with Gasteiger partial charge in [-0.2, -0.15) is 0 Å². The highest BCUT2D eigenvalue weighted by Crippen LogP contribution is 2.17. The zero-order chi connectivity index (χ0) is 17.6. The van der Waals surface area contributed by atoms with Crippen LogP contribution in [0.5, 0.6) is 0 Å². The molecule has 0 spiro atoms. The van der Waals surface area contributed by atoms with Crippen LogP contribution in [0.2, 0.25) is 0 Å². The Bertz CT molecular complexity index is 717. The second-order valence-corrected chi connectivity index (χ2v) is 6.66. The number of hydrogen-bond donors (Lipinski definition) is 1. The highest BCUT2D eigenvalue weighted by molar-refractivity contribution is 5.80. The van der Waals surface area contributed by atoms with Crippen LogP contribution in [0.25, 0.3) is 0 Å². The molecule has 5 heteroatoms. The number of anilines is 1. The predicted octanol–water partition coefficient (Wildman–Crippen LogP) is 2.99. The van der Waals surface area contributed by atoms with Crippen molar-refractivity contribution in [1.82, 2.24) is 14.9 Å². The van der Waals surface area contributed by atoms with Crippen LogP contribution in [0.15, 0.2) is 36.4 Å². The maximum Gasteiger partial charge on any atom is 0.224 e.